The maximum atomic E-state index is 13.5. The Bertz CT molecular complexity index is 427. The topological polar surface area (TPSA) is 52.6 Å². The molecule has 0 aliphatic heterocycles. The standard InChI is InChI=1S/C12H16F2N2O2/c1-7(17)6-16(3)12(18)8-4-9(13)11(15-2)10(14)5-8/h4-5,7,15,17H,6H2,1-3H3. The maximum absolute atomic E-state index is 13.5. The van der Waals surface area contributed by atoms with E-state index in [9.17, 15) is 13.6 Å². The summed E-state index contributed by atoms with van der Waals surface area (Å²) in [5.41, 5.74) is -0.364. The van der Waals surface area contributed by atoms with Crippen molar-refractivity contribution in [3.05, 3.63) is 29.3 Å². The average molecular weight is 258 g/mol. The lowest BCUT2D eigenvalue weighted by molar-refractivity contribution is 0.0703. The summed E-state index contributed by atoms with van der Waals surface area (Å²) in [7, 11) is 2.85. The Balaban J connectivity index is 3.00. The Hall–Kier alpha value is -1.69. The number of hydrogen-bond donors (Lipinski definition) is 2. The summed E-state index contributed by atoms with van der Waals surface area (Å²) in [5.74, 6) is -2.20. The second kappa shape index (κ2) is 5.77. The monoisotopic (exact) mass is 258 g/mol. The van der Waals surface area contributed by atoms with Gasteiger partial charge in [0, 0.05) is 26.2 Å². The van der Waals surface area contributed by atoms with Crippen molar-refractivity contribution in [2.45, 2.75) is 13.0 Å². The van der Waals surface area contributed by atoms with Crippen LogP contribution >= 0.6 is 0 Å². The van der Waals surface area contributed by atoms with E-state index < -0.39 is 23.6 Å². The molecule has 4 nitrogen and oxygen atoms in total. The molecule has 0 saturated carbocycles. The van der Waals surface area contributed by atoms with Crippen LogP contribution in [0.5, 0.6) is 0 Å². The zero-order chi connectivity index (χ0) is 13.9. The van der Waals surface area contributed by atoms with Crippen LogP contribution in [0, 0.1) is 11.6 Å². The third-order valence-corrected chi connectivity index (χ3v) is 2.42. The SMILES string of the molecule is CNc1c(F)cc(C(=O)N(C)CC(C)O)cc1F. The van der Waals surface area contributed by atoms with Gasteiger partial charge in [0.15, 0.2) is 0 Å². The van der Waals surface area contributed by atoms with Gasteiger partial charge < -0.3 is 15.3 Å². The predicted octanol–water partition coefficient (Wildman–Crippen LogP) is 1.46. The quantitative estimate of drug-likeness (QED) is 0.859. The van der Waals surface area contributed by atoms with E-state index in [1.807, 2.05) is 0 Å². The van der Waals surface area contributed by atoms with Crippen molar-refractivity contribution in [1.82, 2.24) is 4.90 Å². The first-order valence-electron chi connectivity index (χ1n) is 5.47. The predicted molar refractivity (Wildman–Crippen MR) is 64.5 cm³/mol. The number of carbonyl (C=O) groups is 1. The largest absolute Gasteiger partial charge is 0.392 e. The van der Waals surface area contributed by atoms with Gasteiger partial charge in [-0.15, -0.1) is 0 Å². The number of rotatable bonds is 4. The van der Waals surface area contributed by atoms with E-state index in [0.717, 1.165) is 12.1 Å². The fraction of sp³-hybridized carbons (Fsp3) is 0.417. The van der Waals surface area contributed by atoms with Crippen molar-refractivity contribution in [3.8, 4) is 0 Å². The summed E-state index contributed by atoms with van der Waals surface area (Å²) in [6.07, 6.45) is -0.703. The molecule has 1 rings (SSSR count). The molecule has 6 heteroatoms. The Morgan fingerprint density at radius 3 is 2.33 bits per heavy atom. The molecule has 2 N–H and O–H groups in total. The summed E-state index contributed by atoms with van der Waals surface area (Å²) < 4.78 is 26.9. The van der Waals surface area contributed by atoms with E-state index in [4.69, 9.17) is 5.11 Å². The van der Waals surface area contributed by atoms with E-state index in [1.165, 1.54) is 25.9 Å². The Morgan fingerprint density at radius 1 is 1.44 bits per heavy atom. The Kier molecular flexibility index (Phi) is 4.61. The lowest BCUT2D eigenvalue weighted by atomic mass is 10.1. The van der Waals surface area contributed by atoms with Crippen molar-refractivity contribution < 1.29 is 18.7 Å². The van der Waals surface area contributed by atoms with Gasteiger partial charge in [0.2, 0.25) is 0 Å². The lowest BCUT2D eigenvalue weighted by Crippen LogP contribution is -2.33. The minimum absolute atomic E-state index is 0.0906. The number of nitrogens with one attached hydrogen (secondary N) is 1. The van der Waals surface area contributed by atoms with Gasteiger partial charge in [-0.25, -0.2) is 8.78 Å². The third-order valence-electron chi connectivity index (χ3n) is 2.42. The van der Waals surface area contributed by atoms with Crippen molar-refractivity contribution in [1.29, 1.82) is 0 Å². The molecule has 1 aromatic carbocycles. The molecule has 1 unspecified atom stereocenters. The maximum Gasteiger partial charge on any atom is 0.253 e. The average Bonchev–Trinajstić information content (AvgIpc) is 2.26. The second-order valence-corrected chi connectivity index (χ2v) is 4.10. The molecule has 0 fully saturated rings. The summed E-state index contributed by atoms with van der Waals surface area (Å²) in [6.45, 7) is 1.62. The van der Waals surface area contributed by atoms with Crippen LogP contribution in [0.2, 0.25) is 0 Å². The van der Waals surface area contributed by atoms with Crippen LogP contribution < -0.4 is 5.32 Å². The number of carbonyl (C=O) groups excluding carboxylic acids is 1. The van der Waals surface area contributed by atoms with E-state index in [0.29, 0.717) is 0 Å². The molecule has 18 heavy (non-hydrogen) atoms. The third kappa shape index (κ3) is 3.16. The van der Waals surface area contributed by atoms with Crippen molar-refractivity contribution in [2.24, 2.45) is 0 Å². The summed E-state index contributed by atoms with van der Waals surface area (Å²) >= 11 is 0. The van der Waals surface area contributed by atoms with Crippen LogP contribution in [0.3, 0.4) is 0 Å². The van der Waals surface area contributed by atoms with Crippen molar-refractivity contribution in [3.63, 3.8) is 0 Å². The first kappa shape index (κ1) is 14.4. The number of anilines is 1. The number of aliphatic hydroxyl groups is 1. The lowest BCUT2D eigenvalue weighted by Gasteiger charge is -2.19. The molecule has 0 radical (unpaired) electrons. The van der Waals surface area contributed by atoms with E-state index in [1.54, 1.807) is 0 Å². The molecule has 0 aliphatic rings. The summed E-state index contributed by atoms with van der Waals surface area (Å²) in [4.78, 5) is 13.1. The number of nitrogens with zero attached hydrogens (tertiary/aromatic N) is 1. The highest BCUT2D eigenvalue weighted by Crippen LogP contribution is 2.20. The highest BCUT2D eigenvalue weighted by molar-refractivity contribution is 5.94. The molecule has 0 saturated heterocycles. The smallest absolute Gasteiger partial charge is 0.253 e. The van der Waals surface area contributed by atoms with Crippen LogP contribution in [0.4, 0.5) is 14.5 Å². The van der Waals surface area contributed by atoms with Crippen molar-refractivity contribution in [2.75, 3.05) is 26.0 Å². The molecule has 0 bridgehead atoms. The molecule has 1 aromatic rings. The highest BCUT2D eigenvalue weighted by Gasteiger charge is 2.18. The minimum atomic E-state index is -0.828. The Labute approximate surface area is 104 Å². The molecule has 0 aliphatic carbocycles. The van der Waals surface area contributed by atoms with E-state index in [-0.39, 0.29) is 17.8 Å². The molecule has 100 valence electrons. The van der Waals surface area contributed by atoms with Crippen molar-refractivity contribution >= 4 is 11.6 Å². The molecular weight excluding hydrogens is 242 g/mol. The fourth-order valence-electron chi connectivity index (χ4n) is 1.64. The highest BCUT2D eigenvalue weighted by atomic mass is 19.1. The van der Waals surface area contributed by atoms with Gasteiger partial charge in [0.1, 0.15) is 17.3 Å². The molecule has 1 amide bonds. The Morgan fingerprint density at radius 2 is 1.94 bits per heavy atom. The molecule has 0 aromatic heterocycles. The first-order chi connectivity index (χ1) is 8.36. The van der Waals surface area contributed by atoms with Gasteiger partial charge in [-0.05, 0) is 19.1 Å². The van der Waals surface area contributed by atoms with Crippen LogP contribution in [-0.4, -0.2) is 42.7 Å². The van der Waals surface area contributed by atoms with Crippen LogP contribution in [0.25, 0.3) is 0 Å². The minimum Gasteiger partial charge on any atom is -0.392 e. The zero-order valence-electron chi connectivity index (χ0n) is 10.5. The van der Waals surface area contributed by atoms with Gasteiger partial charge in [0.05, 0.1) is 6.10 Å². The first-order valence-corrected chi connectivity index (χ1v) is 5.47. The normalized spacial score (nSPS) is 12.1. The van der Waals surface area contributed by atoms with Gasteiger partial charge in [0.25, 0.3) is 5.91 Å². The number of benzene rings is 1. The number of likely N-dealkylation sites (N-methyl/N-ethyl adjacent to an activating group) is 1. The van der Waals surface area contributed by atoms with Crippen LogP contribution in [0.15, 0.2) is 12.1 Å². The molecular formula is C12H16F2N2O2. The van der Waals surface area contributed by atoms with Crippen LogP contribution in [0.1, 0.15) is 17.3 Å². The van der Waals surface area contributed by atoms with E-state index in [2.05, 4.69) is 5.32 Å². The van der Waals surface area contributed by atoms with Crippen LogP contribution in [-0.2, 0) is 0 Å². The van der Waals surface area contributed by atoms with E-state index >= 15 is 0 Å². The number of halogens is 2. The summed E-state index contributed by atoms with van der Waals surface area (Å²) in [5, 5.41) is 11.5. The van der Waals surface area contributed by atoms with Gasteiger partial charge in [-0.2, -0.15) is 0 Å². The number of aliphatic hydroxyl groups excluding tert-OH is 1. The zero-order valence-corrected chi connectivity index (χ0v) is 10.5. The van der Waals surface area contributed by atoms with Gasteiger partial charge >= 0.3 is 0 Å². The number of amides is 1. The molecule has 0 spiro atoms. The number of hydrogen-bond acceptors (Lipinski definition) is 3. The molecule has 0 heterocycles. The van der Waals surface area contributed by atoms with Gasteiger partial charge in [-0.1, -0.05) is 0 Å². The van der Waals surface area contributed by atoms with Gasteiger partial charge in [-0.3, -0.25) is 4.79 Å². The summed E-state index contributed by atoms with van der Waals surface area (Å²) in [6, 6.07) is 1.94. The fourth-order valence-corrected chi connectivity index (χ4v) is 1.64. The molecule has 1 atom stereocenters. The second-order valence-electron chi connectivity index (χ2n) is 4.10.